The van der Waals surface area contributed by atoms with E-state index in [1.807, 2.05) is 10.6 Å². The van der Waals surface area contributed by atoms with Crippen molar-refractivity contribution in [1.29, 1.82) is 0 Å². The molecule has 308 valence electrons. The van der Waals surface area contributed by atoms with Gasteiger partial charge in [-0.1, -0.05) is 0 Å². The van der Waals surface area contributed by atoms with E-state index in [9.17, 15) is 0 Å². The topological polar surface area (TPSA) is 0 Å². The van der Waals surface area contributed by atoms with Gasteiger partial charge in [-0.15, -0.1) is 0 Å². The molecule has 10 rings (SSSR count). The summed E-state index contributed by atoms with van der Waals surface area (Å²) in [5.74, 6) is 0. The second kappa shape index (κ2) is 20.9. The summed E-state index contributed by atoms with van der Waals surface area (Å²) in [6.45, 7) is 0. The third-order valence-electron chi connectivity index (χ3n) is 15.0. The molecule has 4 aromatic carbocycles. The molecule has 6 aliphatic carbocycles. The first-order valence-corrected chi connectivity index (χ1v) is 29.2. The van der Waals surface area contributed by atoms with Crippen molar-refractivity contribution >= 4 is 28.0 Å². The summed E-state index contributed by atoms with van der Waals surface area (Å²) in [7, 11) is -0.319. The smallest absolute Gasteiger partial charge is 1.00 e. The Bertz CT molecular complexity index is 1850. The van der Waals surface area contributed by atoms with Gasteiger partial charge >= 0.3 is 362 Å². The van der Waals surface area contributed by atoms with Gasteiger partial charge in [0.1, 0.15) is 0 Å². The monoisotopic (exact) mass is 934 g/mol. The van der Waals surface area contributed by atoms with Crippen molar-refractivity contribution in [2.45, 2.75) is 158 Å². The zero-order valence-corrected chi connectivity index (χ0v) is 40.9. The third-order valence-corrected chi connectivity index (χ3v) is 28.1. The molecule has 0 bridgehead atoms. The molecule has 0 heterocycles. The predicted octanol–water partition coefficient (Wildman–Crippen LogP) is 10.9. The number of hydrogen-bond acceptors (Lipinski definition) is 0. The minimum Gasteiger partial charge on any atom is -1.00 e. The molecule has 2 unspecified atom stereocenters. The van der Waals surface area contributed by atoms with E-state index in [2.05, 4.69) is 109 Å². The van der Waals surface area contributed by atoms with Crippen LogP contribution in [-0.2, 0) is 23.2 Å². The minimum atomic E-state index is -1.11. The molecule has 0 N–H and O–H groups in total. The first-order chi connectivity index (χ1) is 28.3. The largest absolute Gasteiger partial charge is 1.00 e. The summed E-state index contributed by atoms with van der Waals surface area (Å²) in [6.07, 6.45) is 35.3. The van der Waals surface area contributed by atoms with E-state index in [-0.39, 0.29) is 40.7 Å². The molecule has 4 fully saturated rings. The molecule has 2 atom stereocenters. The van der Waals surface area contributed by atoms with Crippen LogP contribution in [-0.4, -0.2) is 22.6 Å². The molecule has 4 aromatic rings. The molecular formula is C54H64Cl2P2Zr. The maximum Gasteiger partial charge on any atom is -1.00 e. The van der Waals surface area contributed by atoms with Crippen LogP contribution in [0.3, 0.4) is 0 Å². The van der Waals surface area contributed by atoms with Crippen molar-refractivity contribution in [3.05, 3.63) is 130 Å². The molecule has 0 radical (unpaired) electrons. The van der Waals surface area contributed by atoms with Gasteiger partial charge in [-0.3, -0.25) is 0 Å². The Kier molecular flexibility index (Phi) is 15.7. The Morgan fingerprint density at radius 3 is 1.00 bits per heavy atom. The van der Waals surface area contributed by atoms with Gasteiger partial charge in [0.05, 0.1) is 0 Å². The minimum absolute atomic E-state index is 0. The zero-order valence-electron chi connectivity index (χ0n) is 35.1. The molecule has 59 heavy (non-hydrogen) atoms. The predicted molar refractivity (Wildman–Crippen MR) is 247 cm³/mol. The fraction of sp³-hybridized carbons (Fsp3) is 0.481. The first kappa shape index (κ1) is 44.3. The zero-order chi connectivity index (χ0) is 38.0. The van der Waals surface area contributed by atoms with Crippen LogP contribution in [0.5, 0.6) is 0 Å². The van der Waals surface area contributed by atoms with Crippen LogP contribution in [0.1, 0.15) is 158 Å². The van der Waals surface area contributed by atoms with E-state index in [4.69, 9.17) is 0 Å². The molecule has 0 aromatic heterocycles. The molecule has 0 saturated heterocycles. The van der Waals surface area contributed by atoms with E-state index >= 15 is 0 Å². The van der Waals surface area contributed by atoms with Crippen LogP contribution in [0.4, 0.5) is 0 Å². The maximum atomic E-state index is 2.91. The van der Waals surface area contributed by atoms with Crippen LogP contribution in [0.25, 0.3) is 34.4 Å². The molecule has 5 heteroatoms. The van der Waals surface area contributed by atoms with Crippen molar-refractivity contribution in [3.8, 4) is 22.3 Å². The Hall–Kier alpha value is -1.32. The number of halogens is 2. The van der Waals surface area contributed by atoms with Crippen molar-refractivity contribution in [2.75, 3.05) is 0 Å². The molecule has 4 saturated carbocycles. The first-order valence-electron chi connectivity index (χ1n) is 23.4. The van der Waals surface area contributed by atoms with Gasteiger partial charge in [0.2, 0.25) is 0 Å². The van der Waals surface area contributed by atoms with Crippen molar-refractivity contribution in [3.63, 3.8) is 0 Å². The van der Waals surface area contributed by atoms with Crippen LogP contribution in [0.2, 0.25) is 0 Å². The summed E-state index contributed by atoms with van der Waals surface area (Å²) in [4.78, 5) is 0. The molecule has 0 spiro atoms. The van der Waals surface area contributed by atoms with Gasteiger partial charge in [-0.2, -0.15) is 0 Å². The summed E-state index contributed by atoms with van der Waals surface area (Å²) in [5, 5.41) is 4.00. The van der Waals surface area contributed by atoms with Crippen LogP contribution >= 0.6 is 15.8 Å². The van der Waals surface area contributed by atoms with E-state index < -0.39 is 23.2 Å². The Labute approximate surface area is 383 Å². The van der Waals surface area contributed by atoms with Crippen molar-refractivity contribution in [2.24, 2.45) is 0 Å². The van der Waals surface area contributed by atoms with Gasteiger partial charge in [-0.25, -0.2) is 0 Å². The Morgan fingerprint density at radius 1 is 0.356 bits per heavy atom. The van der Waals surface area contributed by atoms with Gasteiger partial charge < -0.3 is 24.8 Å². The quantitative estimate of drug-likeness (QED) is 0.139. The van der Waals surface area contributed by atoms with Gasteiger partial charge in [0, 0.05) is 0 Å². The summed E-state index contributed by atoms with van der Waals surface area (Å²) in [6, 6.07) is 38.1. The second-order valence-electron chi connectivity index (χ2n) is 18.5. The number of rotatable bonds is 10. The number of fused-ring (bicyclic) bond motifs is 2. The van der Waals surface area contributed by atoms with Gasteiger partial charge in [0.25, 0.3) is 0 Å². The van der Waals surface area contributed by atoms with Gasteiger partial charge in [0.15, 0.2) is 0 Å². The summed E-state index contributed by atoms with van der Waals surface area (Å²) in [5.41, 5.74) is 16.3. The van der Waals surface area contributed by atoms with Crippen LogP contribution < -0.4 is 24.8 Å². The van der Waals surface area contributed by atoms with E-state index in [1.54, 1.807) is 22.3 Å². The fourth-order valence-corrected chi connectivity index (χ4v) is 27.6. The number of benzene rings is 4. The van der Waals surface area contributed by atoms with Crippen LogP contribution in [0, 0.1) is 0 Å². The van der Waals surface area contributed by atoms with E-state index in [1.165, 1.54) is 151 Å². The fourth-order valence-electron chi connectivity index (χ4n) is 12.4. The average molecular weight is 937 g/mol. The SMILES string of the molecule is C1=C(P(C2CCCCC2)C2CCCCC2)[CH]([Zr+2][CH]2C(P(C3CCCCC3)C3CCCCC3)=Cc3c(-c4ccccc4)cccc32)c2cccc(-c3ccccc3)c21.[Cl-].[Cl-]. The summed E-state index contributed by atoms with van der Waals surface area (Å²) >= 11 is -1.11. The van der Waals surface area contributed by atoms with Gasteiger partial charge in [-0.05, 0) is 0 Å². The molecule has 0 amide bonds. The van der Waals surface area contributed by atoms with Crippen molar-refractivity contribution < 1.29 is 48.0 Å². The number of allylic oxidation sites excluding steroid dienone is 2. The molecule has 0 nitrogen and oxygen atoms in total. The van der Waals surface area contributed by atoms with Crippen molar-refractivity contribution in [1.82, 2.24) is 0 Å². The third kappa shape index (κ3) is 9.34. The maximum absolute atomic E-state index is 2.91. The molecular weight excluding hydrogens is 873 g/mol. The molecule has 6 aliphatic rings. The normalized spacial score (nSPS) is 22.8. The Balaban J connectivity index is 0.00000242. The Morgan fingerprint density at radius 2 is 0.678 bits per heavy atom. The second-order valence-corrected chi connectivity index (χ2v) is 27.7. The molecule has 0 aliphatic heterocycles. The number of hydrogen-bond donors (Lipinski definition) is 0. The van der Waals surface area contributed by atoms with E-state index in [0.29, 0.717) is 7.25 Å². The standard InChI is InChI=1S/2C27H32P.2ClH.Zr/c2*1-4-11-21(12-5-1)26-18-10-13-22-19-25(20-27(22)26)28(23-14-6-2-7-15-23)24-16-8-3-9-17-24;;;/h2*1,4-5,10-13,18-20,23-24H,2-3,6-9,14-17H2;2*1H;/q;;;;+2/p-2. The average Bonchev–Trinajstić information content (AvgIpc) is 3.84. The van der Waals surface area contributed by atoms with Crippen LogP contribution in [0.15, 0.2) is 108 Å². The summed E-state index contributed by atoms with van der Waals surface area (Å²) < 4.78 is 1.38. The van der Waals surface area contributed by atoms with E-state index in [0.717, 1.165) is 22.6 Å².